The van der Waals surface area contributed by atoms with E-state index in [2.05, 4.69) is 0 Å². The molecular formula is C16H23N3O3. The van der Waals surface area contributed by atoms with Gasteiger partial charge in [0.1, 0.15) is 12.3 Å². The van der Waals surface area contributed by atoms with Crippen LogP contribution >= 0.6 is 0 Å². The first kappa shape index (κ1) is 17.7. The van der Waals surface area contributed by atoms with E-state index in [1.54, 1.807) is 7.05 Å². The number of ether oxygens (including phenoxy) is 1. The van der Waals surface area contributed by atoms with Crippen LogP contribution < -0.4 is 4.74 Å². The largest absolute Gasteiger partial charge is 0.492 e. The van der Waals surface area contributed by atoms with Gasteiger partial charge in [0.25, 0.3) is 0 Å². The van der Waals surface area contributed by atoms with E-state index in [4.69, 9.17) is 10.1 Å². The molecule has 2 aliphatic heterocycles. The van der Waals surface area contributed by atoms with Crippen LogP contribution in [0.15, 0.2) is 18.2 Å². The molecular weight excluding hydrogens is 282 g/mol. The Morgan fingerprint density at radius 2 is 1.91 bits per heavy atom. The molecule has 3 rings (SSSR count). The Labute approximate surface area is 131 Å². The fourth-order valence-corrected chi connectivity index (χ4v) is 2.14. The van der Waals surface area contributed by atoms with Crippen LogP contribution in [0.4, 0.5) is 4.79 Å². The normalized spacial score (nSPS) is 16.4. The number of amides is 3. The third-order valence-electron chi connectivity index (χ3n) is 3.43. The molecule has 0 bridgehead atoms. The summed E-state index contributed by atoms with van der Waals surface area (Å²) < 4.78 is 5.41. The van der Waals surface area contributed by atoms with E-state index in [0.29, 0.717) is 12.3 Å². The molecule has 22 heavy (non-hydrogen) atoms. The molecule has 0 spiro atoms. The molecule has 120 valence electrons. The molecule has 0 aliphatic carbocycles. The van der Waals surface area contributed by atoms with Crippen molar-refractivity contribution in [2.75, 3.05) is 27.2 Å². The van der Waals surface area contributed by atoms with Crippen LogP contribution in [0.3, 0.4) is 0 Å². The SMILES string of the molecule is C.CN1CC(=O)N(C)C1=O.Cc1ccc2c(c1)C(=N)CCO2. The molecule has 2 heterocycles. The molecule has 2 aliphatic rings. The summed E-state index contributed by atoms with van der Waals surface area (Å²) in [5.41, 5.74) is 2.84. The first-order valence-corrected chi connectivity index (χ1v) is 6.73. The van der Waals surface area contributed by atoms with Gasteiger partial charge in [-0.2, -0.15) is 0 Å². The maximum atomic E-state index is 10.7. The van der Waals surface area contributed by atoms with Crippen molar-refractivity contribution in [3.8, 4) is 5.75 Å². The number of carbonyl (C=O) groups excluding carboxylic acids is 2. The van der Waals surface area contributed by atoms with Gasteiger partial charge in [0.2, 0.25) is 5.91 Å². The predicted octanol–water partition coefficient (Wildman–Crippen LogP) is 2.29. The van der Waals surface area contributed by atoms with Gasteiger partial charge in [-0.1, -0.05) is 19.1 Å². The lowest BCUT2D eigenvalue weighted by molar-refractivity contribution is -0.124. The Hall–Kier alpha value is -2.37. The lowest BCUT2D eigenvalue weighted by Crippen LogP contribution is -2.27. The lowest BCUT2D eigenvalue weighted by Gasteiger charge is -2.18. The second kappa shape index (κ2) is 7.06. The fraction of sp³-hybridized carbons (Fsp3) is 0.438. The molecule has 3 amide bonds. The minimum atomic E-state index is -0.222. The van der Waals surface area contributed by atoms with Gasteiger partial charge in [-0.05, 0) is 19.1 Å². The molecule has 0 unspecified atom stereocenters. The van der Waals surface area contributed by atoms with E-state index < -0.39 is 0 Å². The van der Waals surface area contributed by atoms with Gasteiger partial charge in [0.15, 0.2) is 0 Å². The summed E-state index contributed by atoms with van der Waals surface area (Å²) in [4.78, 5) is 23.9. The molecule has 0 radical (unpaired) electrons. The van der Waals surface area contributed by atoms with Crippen LogP contribution in [-0.4, -0.2) is 54.7 Å². The molecule has 1 aromatic rings. The standard InChI is InChI=1S/C10H11NO.C5H8N2O2.CH4/c1-7-2-3-10-8(6-7)9(11)4-5-12-10;1-6-3-4(8)7(2)5(6)9;/h2-3,6,11H,4-5H2,1H3;3H2,1-2H3;1H4. The van der Waals surface area contributed by atoms with Gasteiger partial charge in [0, 0.05) is 31.8 Å². The summed E-state index contributed by atoms with van der Waals surface area (Å²) in [5, 5.41) is 7.69. The maximum absolute atomic E-state index is 10.7. The molecule has 0 saturated carbocycles. The highest BCUT2D eigenvalue weighted by Gasteiger charge is 2.29. The first-order valence-electron chi connectivity index (χ1n) is 6.73. The second-order valence-electron chi connectivity index (χ2n) is 5.17. The zero-order valence-corrected chi connectivity index (χ0v) is 12.5. The fourth-order valence-electron chi connectivity index (χ4n) is 2.14. The predicted molar refractivity (Wildman–Crippen MR) is 85.6 cm³/mol. The van der Waals surface area contributed by atoms with Gasteiger partial charge < -0.3 is 15.0 Å². The number of aryl methyl sites for hydroxylation is 1. The zero-order valence-electron chi connectivity index (χ0n) is 12.5. The number of nitrogens with one attached hydrogen (secondary N) is 1. The summed E-state index contributed by atoms with van der Waals surface area (Å²) in [5.74, 6) is 0.722. The number of urea groups is 1. The zero-order chi connectivity index (χ0) is 15.6. The van der Waals surface area contributed by atoms with Crippen molar-refractivity contribution < 1.29 is 14.3 Å². The summed E-state index contributed by atoms with van der Waals surface area (Å²) >= 11 is 0. The number of likely N-dealkylation sites (N-methyl/N-ethyl adjacent to an activating group) is 2. The van der Waals surface area contributed by atoms with Crippen molar-refractivity contribution in [2.24, 2.45) is 0 Å². The number of fused-ring (bicyclic) bond motifs is 1. The van der Waals surface area contributed by atoms with E-state index in [0.717, 1.165) is 22.6 Å². The molecule has 1 aromatic carbocycles. The van der Waals surface area contributed by atoms with Crippen molar-refractivity contribution in [1.82, 2.24) is 9.80 Å². The minimum Gasteiger partial charge on any atom is -0.492 e. The lowest BCUT2D eigenvalue weighted by atomic mass is 10.0. The highest BCUT2D eigenvalue weighted by Crippen LogP contribution is 2.24. The van der Waals surface area contributed by atoms with Crippen LogP contribution in [0.2, 0.25) is 0 Å². The van der Waals surface area contributed by atoms with Gasteiger partial charge in [-0.15, -0.1) is 0 Å². The average molecular weight is 305 g/mol. The van der Waals surface area contributed by atoms with E-state index in [1.165, 1.54) is 17.5 Å². The van der Waals surface area contributed by atoms with Crippen LogP contribution in [0.5, 0.6) is 5.75 Å². The third kappa shape index (κ3) is 3.63. The topological polar surface area (TPSA) is 73.7 Å². The first-order chi connectivity index (χ1) is 9.90. The number of hydrogen-bond donors (Lipinski definition) is 1. The quantitative estimate of drug-likeness (QED) is 0.747. The van der Waals surface area contributed by atoms with E-state index in [-0.39, 0.29) is 25.9 Å². The molecule has 1 saturated heterocycles. The Morgan fingerprint density at radius 3 is 2.41 bits per heavy atom. The van der Waals surface area contributed by atoms with Crippen molar-refractivity contribution in [3.05, 3.63) is 29.3 Å². The van der Waals surface area contributed by atoms with Gasteiger partial charge in [-0.25, -0.2) is 4.79 Å². The second-order valence-corrected chi connectivity index (χ2v) is 5.17. The van der Waals surface area contributed by atoms with Crippen molar-refractivity contribution in [1.29, 1.82) is 5.41 Å². The summed E-state index contributed by atoms with van der Waals surface area (Å²) in [6.45, 7) is 2.90. The summed E-state index contributed by atoms with van der Waals surface area (Å²) in [7, 11) is 3.08. The number of imide groups is 1. The molecule has 0 atom stereocenters. The Balaban J connectivity index is 0.000000219. The maximum Gasteiger partial charge on any atom is 0.326 e. The highest BCUT2D eigenvalue weighted by molar-refractivity contribution is 6.02. The monoisotopic (exact) mass is 305 g/mol. The van der Waals surface area contributed by atoms with E-state index >= 15 is 0 Å². The van der Waals surface area contributed by atoms with Gasteiger partial charge >= 0.3 is 6.03 Å². The molecule has 0 aromatic heterocycles. The number of nitrogens with zero attached hydrogens (tertiary/aromatic N) is 2. The third-order valence-corrected chi connectivity index (χ3v) is 3.43. The minimum absolute atomic E-state index is 0. The number of rotatable bonds is 0. The van der Waals surface area contributed by atoms with Crippen molar-refractivity contribution in [2.45, 2.75) is 20.8 Å². The Kier molecular flexibility index (Phi) is 5.68. The average Bonchev–Trinajstić information content (AvgIpc) is 2.67. The van der Waals surface area contributed by atoms with Crippen LogP contribution in [0, 0.1) is 12.3 Å². The van der Waals surface area contributed by atoms with Crippen molar-refractivity contribution >= 4 is 17.6 Å². The Morgan fingerprint density at radius 1 is 1.23 bits per heavy atom. The number of benzene rings is 1. The molecule has 1 fully saturated rings. The smallest absolute Gasteiger partial charge is 0.326 e. The van der Waals surface area contributed by atoms with Gasteiger partial charge in [0.05, 0.1) is 6.61 Å². The Bertz CT molecular complexity index is 598. The molecule has 6 nitrogen and oxygen atoms in total. The summed E-state index contributed by atoms with van der Waals surface area (Å²) in [6.07, 6.45) is 0.733. The number of carbonyl (C=O) groups is 2. The van der Waals surface area contributed by atoms with Crippen molar-refractivity contribution in [3.63, 3.8) is 0 Å². The highest BCUT2D eigenvalue weighted by atomic mass is 16.5. The molecule has 6 heteroatoms. The van der Waals surface area contributed by atoms with E-state index in [1.807, 2.05) is 25.1 Å². The van der Waals surface area contributed by atoms with Gasteiger partial charge in [-0.3, -0.25) is 9.69 Å². The number of hydrogen-bond acceptors (Lipinski definition) is 4. The van der Waals surface area contributed by atoms with Crippen LogP contribution in [0.1, 0.15) is 25.0 Å². The van der Waals surface area contributed by atoms with Crippen LogP contribution in [0.25, 0.3) is 0 Å². The summed E-state index contributed by atoms with van der Waals surface area (Å²) in [6, 6.07) is 5.74. The van der Waals surface area contributed by atoms with E-state index in [9.17, 15) is 9.59 Å². The van der Waals surface area contributed by atoms with Crippen LogP contribution in [-0.2, 0) is 4.79 Å². The molecule has 1 N–H and O–H groups in total.